The molecular weight excluding hydrogens is 318 g/mol. The molecule has 0 aromatic carbocycles. The van der Waals surface area contributed by atoms with Crippen molar-refractivity contribution in [2.75, 3.05) is 19.7 Å². The van der Waals surface area contributed by atoms with E-state index < -0.39 is 0 Å². The molecule has 1 fully saturated rings. The molecule has 1 atom stereocenters. The lowest BCUT2D eigenvalue weighted by Crippen LogP contribution is -2.42. The average molecular weight is 338 g/mol. The monoisotopic (exact) mass is 337 g/mol. The first-order valence-corrected chi connectivity index (χ1v) is 7.90. The van der Waals surface area contributed by atoms with Crippen LogP contribution in [0.15, 0.2) is 12.3 Å². The lowest BCUT2D eigenvalue weighted by molar-refractivity contribution is -0.0268. The minimum Gasteiger partial charge on any atom is -0.367 e. The molecule has 124 valence electrons. The number of carbonyl (C=O) groups excluding carboxylic acids is 1. The van der Waals surface area contributed by atoms with Crippen LogP contribution in [-0.4, -0.2) is 50.7 Å². The lowest BCUT2D eigenvalue weighted by Gasteiger charge is -2.31. The summed E-state index contributed by atoms with van der Waals surface area (Å²) in [6, 6.07) is 1.63. The Morgan fingerprint density at radius 2 is 2.26 bits per heavy atom. The molecule has 23 heavy (non-hydrogen) atoms. The highest BCUT2D eigenvalue weighted by molar-refractivity contribution is 6.30. The number of nitrogens with zero attached hydrogens (tertiary/aromatic N) is 3. The van der Waals surface area contributed by atoms with Crippen molar-refractivity contribution in [3.8, 4) is 0 Å². The van der Waals surface area contributed by atoms with E-state index in [1.807, 2.05) is 20.8 Å². The van der Waals surface area contributed by atoms with Gasteiger partial charge in [0.1, 0.15) is 11.8 Å². The number of morpholine rings is 1. The SMILES string of the molecule is CC(C)(C)c1n[nH]c([C@@H]2CN(C(=O)c3cc(Cl)c[nH]3)CCO2)n1. The van der Waals surface area contributed by atoms with Crippen molar-refractivity contribution in [1.82, 2.24) is 25.1 Å². The molecule has 2 aromatic rings. The molecule has 0 radical (unpaired) electrons. The number of aromatic nitrogens is 4. The highest BCUT2D eigenvalue weighted by atomic mass is 35.5. The summed E-state index contributed by atoms with van der Waals surface area (Å²) in [4.78, 5) is 21.6. The molecule has 2 N–H and O–H groups in total. The summed E-state index contributed by atoms with van der Waals surface area (Å²) in [5.41, 5.74) is 0.337. The van der Waals surface area contributed by atoms with E-state index in [4.69, 9.17) is 16.3 Å². The lowest BCUT2D eigenvalue weighted by atomic mass is 9.96. The van der Waals surface area contributed by atoms with Crippen LogP contribution in [0, 0.1) is 0 Å². The van der Waals surface area contributed by atoms with Gasteiger partial charge in [0.2, 0.25) is 0 Å². The molecule has 1 aliphatic rings. The Bertz CT molecular complexity index is 703. The molecule has 1 saturated heterocycles. The summed E-state index contributed by atoms with van der Waals surface area (Å²) in [6.07, 6.45) is 1.29. The predicted octanol–water partition coefficient (Wildman–Crippen LogP) is 2.30. The van der Waals surface area contributed by atoms with Crippen LogP contribution in [0.1, 0.15) is 49.0 Å². The number of rotatable bonds is 2. The third-order valence-corrected chi connectivity index (χ3v) is 3.93. The van der Waals surface area contributed by atoms with Crippen LogP contribution < -0.4 is 0 Å². The Morgan fingerprint density at radius 1 is 1.48 bits per heavy atom. The first kappa shape index (κ1) is 16.0. The zero-order valence-electron chi connectivity index (χ0n) is 13.4. The molecule has 3 rings (SSSR count). The molecule has 0 spiro atoms. The third-order valence-electron chi connectivity index (χ3n) is 3.71. The van der Waals surface area contributed by atoms with E-state index in [9.17, 15) is 4.79 Å². The van der Waals surface area contributed by atoms with Gasteiger partial charge in [-0.2, -0.15) is 5.10 Å². The van der Waals surface area contributed by atoms with Crippen LogP contribution in [-0.2, 0) is 10.2 Å². The molecule has 0 aliphatic carbocycles. The molecule has 1 amide bonds. The Labute approximate surface area is 139 Å². The summed E-state index contributed by atoms with van der Waals surface area (Å²) >= 11 is 5.86. The Kier molecular flexibility index (Phi) is 4.16. The second-order valence-electron chi connectivity index (χ2n) is 6.64. The smallest absolute Gasteiger partial charge is 0.270 e. The van der Waals surface area contributed by atoms with Gasteiger partial charge in [-0.3, -0.25) is 9.89 Å². The average Bonchev–Trinajstić information content (AvgIpc) is 3.15. The van der Waals surface area contributed by atoms with Crippen molar-refractivity contribution in [3.63, 3.8) is 0 Å². The molecule has 0 unspecified atom stereocenters. The highest BCUT2D eigenvalue weighted by Crippen LogP contribution is 2.24. The number of amides is 1. The second kappa shape index (κ2) is 5.98. The van der Waals surface area contributed by atoms with Gasteiger partial charge in [0.05, 0.1) is 18.2 Å². The van der Waals surface area contributed by atoms with Crippen molar-refractivity contribution >= 4 is 17.5 Å². The van der Waals surface area contributed by atoms with E-state index in [1.54, 1.807) is 17.2 Å². The fourth-order valence-corrected chi connectivity index (χ4v) is 2.58. The summed E-state index contributed by atoms with van der Waals surface area (Å²) in [5, 5.41) is 7.70. The van der Waals surface area contributed by atoms with E-state index in [0.717, 1.165) is 5.82 Å². The van der Waals surface area contributed by atoms with Crippen molar-refractivity contribution in [1.29, 1.82) is 0 Å². The summed E-state index contributed by atoms with van der Waals surface area (Å²) < 4.78 is 5.75. The molecule has 1 aliphatic heterocycles. The number of hydrogen-bond donors (Lipinski definition) is 2. The maximum atomic E-state index is 12.5. The Balaban J connectivity index is 1.73. The van der Waals surface area contributed by atoms with Crippen molar-refractivity contribution in [2.24, 2.45) is 0 Å². The van der Waals surface area contributed by atoms with Gasteiger partial charge in [0, 0.05) is 18.2 Å². The largest absolute Gasteiger partial charge is 0.367 e. The van der Waals surface area contributed by atoms with Gasteiger partial charge >= 0.3 is 0 Å². The van der Waals surface area contributed by atoms with E-state index in [2.05, 4.69) is 20.2 Å². The zero-order chi connectivity index (χ0) is 16.6. The normalized spacial score (nSPS) is 19.1. The van der Waals surface area contributed by atoms with Crippen molar-refractivity contribution < 1.29 is 9.53 Å². The summed E-state index contributed by atoms with van der Waals surface area (Å²) in [5.74, 6) is 1.29. The van der Waals surface area contributed by atoms with Gasteiger partial charge in [-0.25, -0.2) is 4.98 Å². The van der Waals surface area contributed by atoms with Gasteiger partial charge in [0.25, 0.3) is 5.91 Å². The molecule has 8 heteroatoms. The standard InChI is InChI=1S/C15H20ClN5O2/c1-15(2,3)14-18-12(19-20-14)11-8-21(4-5-23-11)13(22)10-6-9(16)7-17-10/h6-7,11,17H,4-5,8H2,1-3H3,(H,18,19,20)/t11-/m0/s1. The Hall–Kier alpha value is -1.86. The number of H-pyrrole nitrogens is 2. The maximum absolute atomic E-state index is 12.5. The van der Waals surface area contributed by atoms with E-state index in [-0.39, 0.29) is 17.4 Å². The predicted molar refractivity (Wildman–Crippen MR) is 85.5 cm³/mol. The quantitative estimate of drug-likeness (QED) is 0.880. The fourth-order valence-electron chi connectivity index (χ4n) is 2.41. The van der Waals surface area contributed by atoms with Crippen molar-refractivity contribution in [2.45, 2.75) is 32.3 Å². The van der Waals surface area contributed by atoms with Gasteiger partial charge in [-0.1, -0.05) is 32.4 Å². The van der Waals surface area contributed by atoms with Crippen LogP contribution in [0.2, 0.25) is 5.02 Å². The summed E-state index contributed by atoms with van der Waals surface area (Å²) in [7, 11) is 0. The molecular formula is C15H20ClN5O2. The number of halogens is 1. The number of hydrogen-bond acceptors (Lipinski definition) is 4. The molecule has 3 heterocycles. The molecule has 0 bridgehead atoms. The minimum atomic E-state index is -0.304. The number of ether oxygens (including phenoxy) is 1. The van der Waals surface area contributed by atoms with Crippen LogP contribution in [0.5, 0.6) is 0 Å². The first-order valence-electron chi connectivity index (χ1n) is 7.52. The van der Waals surface area contributed by atoms with E-state index in [1.165, 1.54) is 0 Å². The van der Waals surface area contributed by atoms with Gasteiger partial charge in [-0.05, 0) is 6.07 Å². The molecule has 2 aromatic heterocycles. The second-order valence-corrected chi connectivity index (χ2v) is 7.07. The van der Waals surface area contributed by atoms with Crippen LogP contribution in [0.25, 0.3) is 0 Å². The van der Waals surface area contributed by atoms with Gasteiger partial charge in [0.15, 0.2) is 11.6 Å². The van der Waals surface area contributed by atoms with Gasteiger partial charge in [-0.15, -0.1) is 0 Å². The van der Waals surface area contributed by atoms with E-state index in [0.29, 0.717) is 36.2 Å². The highest BCUT2D eigenvalue weighted by Gasteiger charge is 2.30. The van der Waals surface area contributed by atoms with Gasteiger partial charge < -0.3 is 14.6 Å². The number of aromatic amines is 2. The topological polar surface area (TPSA) is 86.9 Å². The van der Waals surface area contributed by atoms with E-state index >= 15 is 0 Å². The van der Waals surface area contributed by atoms with Crippen LogP contribution in [0.4, 0.5) is 0 Å². The third kappa shape index (κ3) is 3.40. The Morgan fingerprint density at radius 3 is 2.87 bits per heavy atom. The number of carbonyl (C=O) groups is 1. The fraction of sp³-hybridized carbons (Fsp3) is 0.533. The first-order chi connectivity index (χ1) is 10.8. The minimum absolute atomic E-state index is 0.0965. The molecule has 7 nitrogen and oxygen atoms in total. The molecule has 0 saturated carbocycles. The van der Waals surface area contributed by atoms with Crippen LogP contribution >= 0.6 is 11.6 Å². The zero-order valence-corrected chi connectivity index (χ0v) is 14.1. The number of nitrogens with one attached hydrogen (secondary N) is 2. The van der Waals surface area contributed by atoms with Crippen molar-refractivity contribution in [3.05, 3.63) is 34.6 Å². The van der Waals surface area contributed by atoms with Crippen LogP contribution in [0.3, 0.4) is 0 Å². The maximum Gasteiger partial charge on any atom is 0.270 e. The summed E-state index contributed by atoms with van der Waals surface area (Å²) in [6.45, 7) is 7.56.